The molecule has 19 heavy (non-hydrogen) atoms. The summed E-state index contributed by atoms with van der Waals surface area (Å²) in [5, 5.41) is 7.05. The van der Waals surface area contributed by atoms with Gasteiger partial charge in [0.2, 0.25) is 5.91 Å². The number of aryl methyl sites for hydroxylation is 1. The second-order valence-corrected chi connectivity index (χ2v) is 5.53. The van der Waals surface area contributed by atoms with Crippen molar-refractivity contribution in [1.82, 2.24) is 20.1 Å². The van der Waals surface area contributed by atoms with Crippen LogP contribution in [0.1, 0.15) is 33.6 Å². The molecule has 6 nitrogen and oxygen atoms in total. The van der Waals surface area contributed by atoms with Crippen LogP contribution in [0.15, 0.2) is 12.7 Å². The Labute approximate surface area is 113 Å². The van der Waals surface area contributed by atoms with Crippen LogP contribution in [-0.2, 0) is 16.1 Å². The molecule has 6 heteroatoms. The van der Waals surface area contributed by atoms with Crippen LogP contribution in [-0.4, -0.2) is 39.4 Å². The summed E-state index contributed by atoms with van der Waals surface area (Å²) < 4.78 is 7.31. The van der Waals surface area contributed by atoms with Crippen molar-refractivity contribution in [1.29, 1.82) is 0 Å². The molecule has 0 radical (unpaired) electrons. The van der Waals surface area contributed by atoms with Crippen molar-refractivity contribution in [2.75, 3.05) is 6.61 Å². The second-order valence-electron chi connectivity index (χ2n) is 5.53. The number of carbonyl (C=O) groups excluding carboxylic acids is 1. The molecule has 0 aromatic carbocycles. The van der Waals surface area contributed by atoms with Gasteiger partial charge in [0, 0.05) is 24.5 Å². The van der Waals surface area contributed by atoms with Crippen LogP contribution in [0.5, 0.6) is 0 Å². The minimum Gasteiger partial charge on any atom is -0.378 e. The maximum atomic E-state index is 11.9. The lowest BCUT2D eigenvalue weighted by Gasteiger charge is -2.51. The molecule has 0 spiro atoms. The van der Waals surface area contributed by atoms with Crippen molar-refractivity contribution < 1.29 is 9.53 Å². The highest BCUT2D eigenvalue weighted by Crippen LogP contribution is 2.42. The SMILES string of the molecule is CCO[C@@H]1C[C@@H](NC(=O)CCn2cncn2)C1(C)C. The van der Waals surface area contributed by atoms with Crippen LogP contribution in [0.25, 0.3) is 0 Å². The molecular formula is C13H22N4O2. The third-order valence-corrected chi connectivity index (χ3v) is 3.92. The highest BCUT2D eigenvalue weighted by Gasteiger charge is 2.49. The number of nitrogens with one attached hydrogen (secondary N) is 1. The highest BCUT2D eigenvalue weighted by molar-refractivity contribution is 5.76. The Kier molecular flexibility index (Phi) is 4.19. The lowest BCUT2D eigenvalue weighted by Crippen LogP contribution is -2.62. The number of nitrogens with zero attached hydrogens (tertiary/aromatic N) is 3. The van der Waals surface area contributed by atoms with Crippen molar-refractivity contribution in [2.45, 2.75) is 52.3 Å². The van der Waals surface area contributed by atoms with Gasteiger partial charge in [-0.1, -0.05) is 13.8 Å². The van der Waals surface area contributed by atoms with E-state index >= 15 is 0 Å². The van der Waals surface area contributed by atoms with E-state index in [1.807, 2.05) is 6.92 Å². The minimum atomic E-state index is 0.0128. The van der Waals surface area contributed by atoms with Gasteiger partial charge in [0.1, 0.15) is 12.7 Å². The molecule has 0 unspecified atom stereocenters. The third kappa shape index (κ3) is 3.12. The number of carbonyl (C=O) groups is 1. The van der Waals surface area contributed by atoms with Crippen molar-refractivity contribution in [3.05, 3.63) is 12.7 Å². The fourth-order valence-corrected chi connectivity index (χ4v) is 2.45. The summed E-state index contributed by atoms with van der Waals surface area (Å²) in [6, 6.07) is 0.201. The Morgan fingerprint density at radius 2 is 2.37 bits per heavy atom. The Morgan fingerprint density at radius 3 is 2.95 bits per heavy atom. The van der Waals surface area contributed by atoms with E-state index in [1.54, 1.807) is 11.0 Å². The number of rotatable bonds is 6. The molecule has 106 valence electrons. The van der Waals surface area contributed by atoms with Gasteiger partial charge in [-0.15, -0.1) is 0 Å². The zero-order valence-corrected chi connectivity index (χ0v) is 11.8. The van der Waals surface area contributed by atoms with Crippen molar-refractivity contribution in [2.24, 2.45) is 5.41 Å². The molecule has 1 saturated carbocycles. The first kappa shape index (κ1) is 14.0. The predicted octanol–water partition coefficient (Wildman–Crippen LogP) is 0.988. The van der Waals surface area contributed by atoms with E-state index < -0.39 is 0 Å². The fraction of sp³-hybridized carbons (Fsp3) is 0.769. The fourth-order valence-electron chi connectivity index (χ4n) is 2.45. The predicted molar refractivity (Wildman–Crippen MR) is 70.4 cm³/mol. The van der Waals surface area contributed by atoms with Crippen LogP contribution < -0.4 is 5.32 Å². The molecule has 1 aliphatic rings. The summed E-state index contributed by atoms with van der Waals surface area (Å²) in [5.74, 6) is 0.0588. The Morgan fingerprint density at radius 1 is 1.58 bits per heavy atom. The van der Waals surface area contributed by atoms with Crippen LogP contribution in [0.4, 0.5) is 0 Å². The smallest absolute Gasteiger partial charge is 0.222 e. The monoisotopic (exact) mass is 266 g/mol. The average Bonchev–Trinajstić information content (AvgIpc) is 2.88. The maximum absolute atomic E-state index is 11.9. The van der Waals surface area contributed by atoms with Gasteiger partial charge in [-0.25, -0.2) is 4.98 Å². The lowest BCUT2D eigenvalue weighted by atomic mass is 9.64. The van der Waals surface area contributed by atoms with Crippen LogP contribution in [0, 0.1) is 5.41 Å². The number of hydrogen-bond donors (Lipinski definition) is 1. The summed E-state index contributed by atoms with van der Waals surface area (Å²) in [5.41, 5.74) is 0.0128. The van der Waals surface area contributed by atoms with Gasteiger partial charge >= 0.3 is 0 Å². The molecule has 2 rings (SSSR count). The van der Waals surface area contributed by atoms with Gasteiger partial charge in [0.15, 0.2) is 0 Å². The van der Waals surface area contributed by atoms with Gasteiger partial charge in [0.25, 0.3) is 0 Å². The summed E-state index contributed by atoms with van der Waals surface area (Å²) in [6.07, 6.45) is 4.66. The molecule has 0 saturated heterocycles. The number of hydrogen-bond acceptors (Lipinski definition) is 4. The van der Waals surface area contributed by atoms with Crippen molar-refractivity contribution in [3.63, 3.8) is 0 Å². The molecule has 1 heterocycles. The first-order valence-corrected chi connectivity index (χ1v) is 6.77. The van der Waals surface area contributed by atoms with E-state index in [9.17, 15) is 4.79 Å². The summed E-state index contributed by atoms with van der Waals surface area (Å²) >= 11 is 0. The molecule has 1 amide bonds. The van der Waals surface area contributed by atoms with E-state index in [-0.39, 0.29) is 23.5 Å². The number of aromatic nitrogens is 3. The number of ether oxygens (including phenoxy) is 1. The topological polar surface area (TPSA) is 69.0 Å². The lowest BCUT2D eigenvalue weighted by molar-refractivity contribution is -0.136. The Balaban J connectivity index is 1.74. The van der Waals surface area contributed by atoms with Gasteiger partial charge in [-0.3, -0.25) is 9.48 Å². The van der Waals surface area contributed by atoms with E-state index in [0.29, 0.717) is 13.0 Å². The van der Waals surface area contributed by atoms with Gasteiger partial charge in [-0.2, -0.15) is 5.10 Å². The zero-order chi connectivity index (χ0) is 13.9. The molecule has 2 atom stereocenters. The second kappa shape index (κ2) is 5.69. The van der Waals surface area contributed by atoms with Gasteiger partial charge in [0.05, 0.1) is 12.6 Å². The van der Waals surface area contributed by atoms with E-state index in [0.717, 1.165) is 13.0 Å². The normalized spacial score (nSPS) is 24.8. The Hall–Kier alpha value is -1.43. The van der Waals surface area contributed by atoms with Crippen LogP contribution in [0.3, 0.4) is 0 Å². The molecule has 0 aliphatic heterocycles. The zero-order valence-electron chi connectivity index (χ0n) is 11.8. The van der Waals surface area contributed by atoms with E-state index in [2.05, 4.69) is 29.2 Å². The van der Waals surface area contributed by atoms with Crippen LogP contribution >= 0.6 is 0 Å². The molecule has 1 N–H and O–H groups in total. The minimum absolute atomic E-state index is 0.0128. The van der Waals surface area contributed by atoms with Crippen molar-refractivity contribution >= 4 is 5.91 Å². The summed E-state index contributed by atoms with van der Waals surface area (Å²) in [4.78, 5) is 15.7. The van der Waals surface area contributed by atoms with Gasteiger partial charge in [-0.05, 0) is 13.3 Å². The van der Waals surface area contributed by atoms with Gasteiger partial charge < -0.3 is 10.1 Å². The Bertz CT molecular complexity index is 416. The third-order valence-electron chi connectivity index (χ3n) is 3.92. The van der Waals surface area contributed by atoms with E-state index in [4.69, 9.17) is 4.74 Å². The van der Waals surface area contributed by atoms with Crippen LogP contribution in [0.2, 0.25) is 0 Å². The maximum Gasteiger partial charge on any atom is 0.222 e. The first-order valence-electron chi connectivity index (χ1n) is 6.77. The summed E-state index contributed by atoms with van der Waals surface area (Å²) in [6.45, 7) is 7.56. The summed E-state index contributed by atoms with van der Waals surface area (Å²) in [7, 11) is 0. The van der Waals surface area contributed by atoms with Crippen molar-refractivity contribution in [3.8, 4) is 0 Å². The molecular weight excluding hydrogens is 244 g/mol. The average molecular weight is 266 g/mol. The molecule has 1 aliphatic carbocycles. The first-order chi connectivity index (χ1) is 9.04. The molecule has 1 aromatic rings. The molecule has 0 bridgehead atoms. The van der Waals surface area contributed by atoms with E-state index in [1.165, 1.54) is 6.33 Å². The standard InChI is InChI=1S/C13H22N4O2/c1-4-19-11-7-10(13(11,2)3)16-12(18)5-6-17-9-14-8-15-17/h8-11H,4-7H2,1-3H3,(H,16,18)/t10-,11-/m1/s1. The quantitative estimate of drug-likeness (QED) is 0.833. The molecule has 1 aromatic heterocycles. The number of amides is 1. The molecule has 1 fully saturated rings. The largest absolute Gasteiger partial charge is 0.378 e. The highest BCUT2D eigenvalue weighted by atomic mass is 16.5.